The van der Waals surface area contributed by atoms with Crippen molar-refractivity contribution in [3.63, 3.8) is 0 Å². The average Bonchev–Trinajstić information content (AvgIpc) is 3.25. The summed E-state index contributed by atoms with van der Waals surface area (Å²) in [4.78, 5) is 50.0. The van der Waals surface area contributed by atoms with Gasteiger partial charge in [0.1, 0.15) is 29.7 Å². The van der Waals surface area contributed by atoms with Crippen molar-refractivity contribution < 1.29 is 41.3 Å². The predicted octanol–water partition coefficient (Wildman–Crippen LogP) is -1.24. The second-order valence-corrected chi connectivity index (χ2v) is 14.4. The lowest BCUT2D eigenvalue weighted by molar-refractivity contribution is -0.138. The summed E-state index contributed by atoms with van der Waals surface area (Å²) in [6.45, 7) is -0.209. The lowest BCUT2D eigenvalue weighted by Crippen LogP contribution is -3.00. The van der Waals surface area contributed by atoms with Crippen LogP contribution in [0.4, 0.5) is 0 Å². The highest BCUT2D eigenvalue weighted by molar-refractivity contribution is 8.00. The highest BCUT2D eigenvalue weighted by Gasteiger charge is 2.46. The summed E-state index contributed by atoms with van der Waals surface area (Å²) in [6.07, 6.45) is 1.48. The van der Waals surface area contributed by atoms with Gasteiger partial charge < -0.3 is 33.1 Å². The Balaban J connectivity index is 0.00000462. The van der Waals surface area contributed by atoms with Crippen LogP contribution in [-0.2, 0) is 19.2 Å². The summed E-state index contributed by atoms with van der Waals surface area (Å²) in [5.41, 5.74) is 5.86. The van der Waals surface area contributed by atoms with Gasteiger partial charge in [-0.05, 0) is 36.4 Å². The Kier molecular flexibility index (Phi) is 12.1. The van der Waals surface area contributed by atoms with E-state index in [1.54, 1.807) is 0 Å². The van der Waals surface area contributed by atoms with Crippen molar-refractivity contribution in [2.75, 3.05) is 25.0 Å². The van der Waals surface area contributed by atoms with E-state index in [0.29, 0.717) is 13.0 Å². The zero-order chi connectivity index (χ0) is 28.5. The van der Waals surface area contributed by atoms with Crippen LogP contribution in [0, 0.1) is 0 Å². The first-order valence-corrected chi connectivity index (χ1v) is 16.1. The largest absolute Gasteiger partial charge is 1.00 e. The smallest absolute Gasteiger partial charge is 0.322 e. The van der Waals surface area contributed by atoms with E-state index in [9.17, 15) is 19.2 Å². The molecule has 3 amide bonds. The van der Waals surface area contributed by atoms with Gasteiger partial charge in [0, 0.05) is 25.1 Å². The third-order valence-electron chi connectivity index (χ3n) is 6.90. The molecule has 41 heavy (non-hydrogen) atoms. The molecule has 1 aliphatic heterocycles. The minimum atomic E-state index is -2.07. The first-order valence-electron chi connectivity index (χ1n) is 13.1. The van der Waals surface area contributed by atoms with E-state index >= 15 is 0 Å². The van der Waals surface area contributed by atoms with E-state index < -0.39 is 37.0 Å². The molecule has 3 aromatic carbocycles. The number of thioether (sulfide) groups is 1. The van der Waals surface area contributed by atoms with Crippen molar-refractivity contribution in [3.8, 4) is 0 Å². The molecule has 1 saturated heterocycles. The minimum absolute atomic E-state index is 0. The number of amides is 3. The Morgan fingerprint density at radius 2 is 1.41 bits per heavy atom. The number of rotatable bonds is 13. The summed E-state index contributed by atoms with van der Waals surface area (Å²) in [7, 11) is -2.07. The number of benzene rings is 3. The van der Waals surface area contributed by atoms with E-state index in [2.05, 4.69) is 78.1 Å². The van der Waals surface area contributed by atoms with Crippen LogP contribution in [0.3, 0.4) is 0 Å². The zero-order valence-electron chi connectivity index (χ0n) is 22.4. The van der Waals surface area contributed by atoms with Crippen LogP contribution in [0.25, 0.3) is 0 Å². The zero-order valence-corrected chi connectivity index (χ0v) is 25.7. The van der Waals surface area contributed by atoms with E-state index in [1.165, 1.54) is 20.8 Å². The van der Waals surface area contributed by atoms with Crippen molar-refractivity contribution >= 4 is 58.6 Å². The molecule has 216 valence electrons. The van der Waals surface area contributed by atoms with Crippen LogP contribution in [-0.4, -0.2) is 70.0 Å². The topological polar surface area (TPSA) is 130 Å². The maximum absolute atomic E-state index is 13.2. The number of hydrogen-bond donors (Lipinski definition) is 3. The van der Waals surface area contributed by atoms with Crippen LogP contribution >= 0.6 is 19.0 Å². The summed E-state index contributed by atoms with van der Waals surface area (Å²) in [5, 5.41) is 14.1. The van der Waals surface area contributed by atoms with Gasteiger partial charge in [-0.2, -0.15) is 0 Å². The number of nitrogens with zero attached hydrogens (tertiary/aromatic N) is 1. The molecular formula is C30H33BrN3O5PS. The Morgan fingerprint density at radius 3 is 1.88 bits per heavy atom. The third-order valence-corrected chi connectivity index (χ3v) is 12.7. The minimum Gasteiger partial charge on any atom is -1.00 e. The number of carbonyl (C=O) groups excluding carboxylic acids is 3. The van der Waals surface area contributed by atoms with E-state index in [1.807, 2.05) is 18.2 Å². The summed E-state index contributed by atoms with van der Waals surface area (Å²) < 4.78 is 0. The number of nitrogens with one attached hydrogen (secondary N) is 1. The Morgan fingerprint density at radius 1 is 0.927 bits per heavy atom. The molecule has 2 atom stereocenters. The van der Waals surface area contributed by atoms with Crippen LogP contribution < -0.4 is 43.9 Å². The Labute approximate surface area is 255 Å². The van der Waals surface area contributed by atoms with Crippen molar-refractivity contribution in [2.45, 2.75) is 24.1 Å². The van der Waals surface area contributed by atoms with Crippen LogP contribution in [0.15, 0.2) is 91.0 Å². The molecule has 0 radical (unpaired) electrons. The first kappa shape index (κ1) is 32.5. The third kappa shape index (κ3) is 7.83. The quantitative estimate of drug-likeness (QED) is 0.155. The molecular weight excluding hydrogens is 625 g/mol. The lowest BCUT2D eigenvalue weighted by atomic mass is 10.3. The molecule has 11 heteroatoms. The predicted molar refractivity (Wildman–Crippen MR) is 161 cm³/mol. The summed E-state index contributed by atoms with van der Waals surface area (Å²) in [6, 6.07) is 30.4. The number of carboxylic acid groups (broad SMARTS) is 1. The molecule has 8 nitrogen and oxygen atoms in total. The maximum Gasteiger partial charge on any atom is 0.322 e. The fourth-order valence-corrected chi connectivity index (χ4v) is 10.4. The molecule has 1 fully saturated rings. The summed E-state index contributed by atoms with van der Waals surface area (Å²) in [5.74, 6) is -2.16. The van der Waals surface area contributed by atoms with Crippen LogP contribution in [0.5, 0.6) is 0 Å². The van der Waals surface area contributed by atoms with Crippen LogP contribution in [0.2, 0.25) is 0 Å². The van der Waals surface area contributed by atoms with Gasteiger partial charge in [0.15, 0.2) is 0 Å². The van der Waals surface area contributed by atoms with Gasteiger partial charge in [-0.3, -0.25) is 24.1 Å². The van der Waals surface area contributed by atoms with E-state index in [-0.39, 0.29) is 41.0 Å². The van der Waals surface area contributed by atoms with Gasteiger partial charge >= 0.3 is 5.97 Å². The number of nitrogens with two attached hydrogens (primary N) is 1. The first-order chi connectivity index (χ1) is 19.3. The standard InChI is InChI=1S/C30H32N3O5PS.BrH/c31-25(29(37)32-20-28(35)36)21-40-26-19-27(34)33(30(26)38)17-10-18-39(22-11-4-1-5-12-22,23-13-6-2-7-14-23)24-15-8-3-9-16-24;/h1-9,11-16,25-26H,10,17-21,31H2,(H-,32,35,36,37);1H. The number of imide groups is 1. The number of halogens is 1. The molecule has 2 unspecified atom stereocenters. The van der Waals surface area contributed by atoms with Gasteiger partial charge in [0.25, 0.3) is 0 Å². The maximum atomic E-state index is 13.2. The number of carbonyl (C=O) groups is 4. The monoisotopic (exact) mass is 657 g/mol. The molecule has 0 spiro atoms. The van der Waals surface area contributed by atoms with Crippen molar-refractivity contribution in [2.24, 2.45) is 5.73 Å². The van der Waals surface area contributed by atoms with Crippen molar-refractivity contribution in [3.05, 3.63) is 91.0 Å². The summed E-state index contributed by atoms with van der Waals surface area (Å²) >= 11 is 1.16. The van der Waals surface area contributed by atoms with Gasteiger partial charge in [-0.1, -0.05) is 54.6 Å². The van der Waals surface area contributed by atoms with Gasteiger partial charge in [-0.25, -0.2) is 0 Å². The fraction of sp³-hybridized carbons (Fsp3) is 0.267. The van der Waals surface area contributed by atoms with Crippen LogP contribution in [0.1, 0.15) is 12.8 Å². The normalized spacial score (nSPS) is 15.7. The second-order valence-electron chi connectivity index (χ2n) is 9.52. The van der Waals surface area contributed by atoms with Crippen molar-refractivity contribution in [1.82, 2.24) is 10.2 Å². The van der Waals surface area contributed by atoms with Crippen molar-refractivity contribution in [1.29, 1.82) is 0 Å². The number of hydrogen-bond acceptors (Lipinski definition) is 6. The molecule has 0 saturated carbocycles. The molecule has 0 aromatic heterocycles. The number of likely N-dealkylation sites (tertiary alicyclic amines) is 1. The van der Waals surface area contributed by atoms with Gasteiger partial charge in [-0.15, -0.1) is 11.8 Å². The highest BCUT2D eigenvalue weighted by atomic mass is 79.9. The molecule has 1 aliphatic rings. The SMILES string of the molecule is NC(CSC1CC(=O)N(CCC[P+](c2ccccc2)(c2ccccc2)c2ccccc2)C1=O)C(=O)NCC(=O)O.[Br-]. The molecule has 4 rings (SSSR count). The fourth-order valence-electron chi connectivity index (χ4n) is 4.96. The Hall–Kier alpha value is -3.04. The highest BCUT2D eigenvalue weighted by Crippen LogP contribution is 2.55. The van der Waals surface area contributed by atoms with Gasteiger partial charge in [0.2, 0.25) is 17.7 Å². The number of aliphatic carboxylic acids is 1. The number of carboxylic acids is 1. The Bertz CT molecular complexity index is 1240. The molecule has 3 aromatic rings. The molecule has 0 bridgehead atoms. The molecule has 4 N–H and O–H groups in total. The molecule has 1 heterocycles. The van der Waals surface area contributed by atoms with E-state index in [0.717, 1.165) is 17.9 Å². The lowest BCUT2D eigenvalue weighted by Gasteiger charge is -2.28. The van der Waals surface area contributed by atoms with E-state index in [4.69, 9.17) is 10.8 Å². The van der Waals surface area contributed by atoms with Gasteiger partial charge in [0.05, 0.1) is 17.5 Å². The average molecular weight is 659 g/mol. The second kappa shape index (κ2) is 15.3. The molecule has 0 aliphatic carbocycles.